The first-order valence-electron chi connectivity index (χ1n) is 10.9. The molecule has 1 aromatic rings. The van der Waals surface area contributed by atoms with Crippen LogP contribution in [0, 0.1) is 0 Å². The zero-order chi connectivity index (χ0) is 23.8. The Balaban J connectivity index is 1.23. The van der Waals surface area contributed by atoms with E-state index in [2.05, 4.69) is 5.32 Å². The lowest BCUT2D eigenvalue weighted by atomic mass is 10.1. The van der Waals surface area contributed by atoms with E-state index in [4.69, 9.17) is 9.47 Å². The molecule has 0 aliphatic carbocycles. The average molecular weight is 493 g/mol. The number of alkyl halides is 3. The summed E-state index contributed by atoms with van der Waals surface area (Å²) >= 11 is 0. The average Bonchev–Trinajstić information content (AvgIpc) is 3.26. The Labute approximate surface area is 190 Å². The Bertz CT molecular complexity index is 959. The lowest BCUT2D eigenvalue weighted by Gasteiger charge is -2.28. The molecule has 2 N–H and O–H groups in total. The fourth-order valence-electron chi connectivity index (χ4n) is 4.59. The number of halogens is 3. The first kappa shape index (κ1) is 24.4. The van der Waals surface area contributed by atoms with E-state index < -0.39 is 52.1 Å². The van der Waals surface area contributed by atoms with Crippen molar-refractivity contribution >= 4 is 15.7 Å². The van der Waals surface area contributed by atoms with Crippen LogP contribution in [-0.4, -0.2) is 86.0 Å². The van der Waals surface area contributed by atoms with Crippen molar-refractivity contribution in [2.24, 2.45) is 0 Å². The highest BCUT2D eigenvalue weighted by Gasteiger charge is 2.50. The minimum absolute atomic E-state index is 0.0267. The predicted molar refractivity (Wildman–Crippen MR) is 111 cm³/mol. The molecule has 0 radical (unpaired) electrons. The summed E-state index contributed by atoms with van der Waals surface area (Å²) in [5.41, 5.74) is -0.595. The standard InChI is InChI=1S/C21H27F3N2O6S/c22-21(23,24)15-4-2-1-3-13(15)11-25-12-17-19(28)20-16(32-17)9-14(31-20)10-18(27)26-5-7-33(29,30)8-6-26/h1-4,14,16-17,19-20,25,28H,5-12H2. The Hall–Kier alpha value is -1.73. The van der Waals surface area contributed by atoms with Crippen LogP contribution in [-0.2, 0) is 36.8 Å². The van der Waals surface area contributed by atoms with Crippen LogP contribution in [0.2, 0.25) is 0 Å². The quantitative estimate of drug-likeness (QED) is 0.603. The molecule has 3 aliphatic heterocycles. The monoisotopic (exact) mass is 492 g/mol. The van der Waals surface area contributed by atoms with Crippen LogP contribution in [0.1, 0.15) is 24.0 Å². The van der Waals surface area contributed by atoms with Crippen molar-refractivity contribution in [3.05, 3.63) is 35.4 Å². The van der Waals surface area contributed by atoms with E-state index in [1.54, 1.807) is 0 Å². The van der Waals surface area contributed by atoms with Crippen LogP contribution in [0.5, 0.6) is 0 Å². The lowest BCUT2D eigenvalue weighted by Crippen LogP contribution is -2.45. The van der Waals surface area contributed by atoms with Gasteiger partial charge < -0.3 is 24.8 Å². The van der Waals surface area contributed by atoms with Crippen molar-refractivity contribution in [2.45, 2.75) is 56.1 Å². The molecule has 1 amide bonds. The molecule has 0 aromatic heterocycles. The molecule has 0 spiro atoms. The van der Waals surface area contributed by atoms with Gasteiger partial charge in [0.2, 0.25) is 5.91 Å². The fraction of sp³-hybridized carbons (Fsp3) is 0.667. The van der Waals surface area contributed by atoms with Crippen molar-refractivity contribution in [1.82, 2.24) is 10.2 Å². The molecular formula is C21H27F3N2O6S. The van der Waals surface area contributed by atoms with Gasteiger partial charge in [0.15, 0.2) is 9.84 Å². The van der Waals surface area contributed by atoms with Gasteiger partial charge in [-0.25, -0.2) is 8.42 Å². The summed E-state index contributed by atoms with van der Waals surface area (Å²) in [7, 11) is -3.08. The highest BCUT2D eigenvalue weighted by atomic mass is 32.2. The van der Waals surface area contributed by atoms with E-state index in [-0.39, 0.29) is 55.6 Å². The molecule has 12 heteroatoms. The molecule has 4 rings (SSSR count). The van der Waals surface area contributed by atoms with Crippen molar-refractivity contribution in [2.75, 3.05) is 31.1 Å². The number of fused-ring (bicyclic) bond motifs is 1. The van der Waals surface area contributed by atoms with Gasteiger partial charge in [-0.2, -0.15) is 13.2 Å². The molecule has 3 aliphatic rings. The molecule has 3 fully saturated rings. The third-order valence-electron chi connectivity index (χ3n) is 6.36. The van der Waals surface area contributed by atoms with Crippen molar-refractivity contribution in [3.63, 3.8) is 0 Å². The highest BCUT2D eigenvalue weighted by molar-refractivity contribution is 7.91. The molecule has 3 saturated heterocycles. The maximum Gasteiger partial charge on any atom is 0.416 e. The van der Waals surface area contributed by atoms with Crippen molar-refractivity contribution in [1.29, 1.82) is 0 Å². The second kappa shape index (κ2) is 9.49. The van der Waals surface area contributed by atoms with E-state index >= 15 is 0 Å². The third-order valence-corrected chi connectivity index (χ3v) is 7.97. The molecule has 5 atom stereocenters. The van der Waals surface area contributed by atoms with Gasteiger partial charge in [0.25, 0.3) is 0 Å². The Morgan fingerprint density at radius 1 is 1.18 bits per heavy atom. The molecule has 8 nitrogen and oxygen atoms in total. The molecule has 1 aromatic carbocycles. The van der Waals surface area contributed by atoms with Crippen LogP contribution >= 0.6 is 0 Å². The molecule has 33 heavy (non-hydrogen) atoms. The van der Waals surface area contributed by atoms with Gasteiger partial charge >= 0.3 is 6.18 Å². The number of amides is 1. The third kappa shape index (κ3) is 5.68. The first-order chi connectivity index (χ1) is 15.5. The van der Waals surface area contributed by atoms with Crippen LogP contribution in [0.4, 0.5) is 13.2 Å². The molecule has 184 valence electrons. The van der Waals surface area contributed by atoms with Gasteiger partial charge in [-0.3, -0.25) is 4.79 Å². The number of aliphatic hydroxyl groups excluding tert-OH is 1. The highest BCUT2D eigenvalue weighted by Crippen LogP contribution is 2.36. The second-order valence-electron chi connectivity index (χ2n) is 8.68. The summed E-state index contributed by atoms with van der Waals surface area (Å²) in [6.07, 6.45) is -7.02. The first-order valence-corrected chi connectivity index (χ1v) is 12.7. The zero-order valence-electron chi connectivity index (χ0n) is 17.8. The molecule has 0 saturated carbocycles. The number of benzene rings is 1. The minimum atomic E-state index is -4.44. The van der Waals surface area contributed by atoms with Crippen LogP contribution in [0.25, 0.3) is 0 Å². The Morgan fingerprint density at radius 2 is 1.88 bits per heavy atom. The van der Waals surface area contributed by atoms with Gasteiger partial charge in [-0.05, 0) is 11.6 Å². The molecule has 5 unspecified atom stereocenters. The number of nitrogens with one attached hydrogen (secondary N) is 1. The van der Waals surface area contributed by atoms with Crippen LogP contribution < -0.4 is 5.32 Å². The van der Waals surface area contributed by atoms with Crippen LogP contribution in [0.15, 0.2) is 24.3 Å². The number of hydrogen-bond acceptors (Lipinski definition) is 7. The summed E-state index contributed by atoms with van der Waals surface area (Å²) < 4.78 is 74.1. The number of nitrogens with zero attached hydrogens (tertiary/aromatic N) is 1. The van der Waals surface area contributed by atoms with Gasteiger partial charge in [-0.15, -0.1) is 0 Å². The Morgan fingerprint density at radius 3 is 2.55 bits per heavy atom. The van der Waals surface area contributed by atoms with Gasteiger partial charge in [0.1, 0.15) is 12.2 Å². The van der Waals surface area contributed by atoms with Gasteiger partial charge in [0, 0.05) is 32.6 Å². The van der Waals surface area contributed by atoms with E-state index in [0.29, 0.717) is 6.42 Å². The maximum absolute atomic E-state index is 13.1. The summed E-state index contributed by atoms with van der Waals surface area (Å²) in [5, 5.41) is 13.5. The molecule has 0 bridgehead atoms. The predicted octanol–water partition coefficient (Wildman–Crippen LogP) is 0.728. The number of hydrogen-bond donors (Lipinski definition) is 2. The number of carbonyl (C=O) groups is 1. The maximum atomic E-state index is 13.1. The van der Waals surface area contributed by atoms with E-state index in [0.717, 1.165) is 6.07 Å². The van der Waals surface area contributed by atoms with Crippen LogP contribution in [0.3, 0.4) is 0 Å². The smallest absolute Gasteiger partial charge is 0.388 e. The summed E-state index contributed by atoms with van der Waals surface area (Å²) in [6.45, 7) is 0.465. The Kier molecular flexibility index (Phi) is 7.02. The minimum Gasteiger partial charge on any atom is -0.388 e. The van der Waals surface area contributed by atoms with Gasteiger partial charge in [0.05, 0.1) is 41.8 Å². The van der Waals surface area contributed by atoms with Gasteiger partial charge in [-0.1, -0.05) is 18.2 Å². The summed E-state index contributed by atoms with van der Waals surface area (Å²) in [4.78, 5) is 14.0. The number of rotatable bonds is 6. The van der Waals surface area contributed by atoms with E-state index in [1.165, 1.54) is 23.1 Å². The lowest BCUT2D eigenvalue weighted by molar-refractivity contribution is -0.138. The number of carbonyl (C=O) groups excluding carboxylic acids is 1. The number of aliphatic hydroxyl groups is 1. The SMILES string of the molecule is O=C(CC1CC2OC(CNCc3ccccc3C(F)(F)F)C(O)C2O1)N1CCS(=O)(=O)CC1. The van der Waals surface area contributed by atoms with Crippen molar-refractivity contribution < 1.29 is 41.0 Å². The molecule has 3 heterocycles. The summed E-state index contributed by atoms with van der Waals surface area (Å²) in [6, 6.07) is 5.30. The zero-order valence-corrected chi connectivity index (χ0v) is 18.6. The van der Waals surface area contributed by atoms with Crippen molar-refractivity contribution in [3.8, 4) is 0 Å². The largest absolute Gasteiger partial charge is 0.416 e. The topological polar surface area (TPSA) is 105 Å². The normalized spacial score (nSPS) is 31.5. The van der Waals surface area contributed by atoms with E-state index in [1.807, 2.05) is 0 Å². The number of ether oxygens (including phenoxy) is 2. The molecular weight excluding hydrogens is 465 g/mol. The summed E-state index contributed by atoms with van der Waals surface area (Å²) in [5.74, 6) is -0.273. The fourth-order valence-corrected chi connectivity index (χ4v) is 5.80. The second-order valence-corrected chi connectivity index (χ2v) is 11.0. The number of sulfone groups is 1. The van der Waals surface area contributed by atoms with E-state index in [9.17, 15) is 31.5 Å².